The first-order chi connectivity index (χ1) is 15.3. The normalized spacial score (nSPS) is 23.0. The molecule has 172 valence electrons. The van der Waals surface area contributed by atoms with Gasteiger partial charge in [0.25, 0.3) is 0 Å². The molecule has 1 aliphatic heterocycles. The predicted octanol–water partition coefficient (Wildman–Crippen LogP) is 5.25. The quantitative estimate of drug-likeness (QED) is 0.553. The molecule has 1 fully saturated rings. The molecule has 5 atom stereocenters. The van der Waals surface area contributed by atoms with Crippen LogP contribution >= 0.6 is 23.2 Å². The fraction of sp³-hybridized carbons (Fsp3) is 0.440. The summed E-state index contributed by atoms with van der Waals surface area (Å²) in [6.07, 6.45) is 1.04. The van der Waals surface area contributed by atoms with E-state index in [1.165, 1.54) is 7.11 Å². The lowest BCUT2D eigenvalue weighted by molar-refractivity contribution is -0.159. The summed E-state index contributed by atoms with van der Waals surface area (Å²) in [6.45, 7) is 3.49. The van der Waals surface area contributed by atoms with E-state index >= 15 is 0 Å². The van der Waals surface area contributed by atoms with Crippen LogP contribution in [0.25, 0.3) is 0 Å². The van der Waals surface area contributed by atoms with Crippen molar-refractivity contribution in [2.75, 3.05) is 13.7 Å². The summed E-state index contributed by atoms with van der Waals surface area (Å²) < 4.78 is 4.95. The summed E-state index contributed by atoms with van der Waals surface area (Å²) >= 11 is 12.5. The Morgan fingerprint density at radius 3 is 2.41 bits per heavy atom. The molecule has 5 nitrogen and oxygen atoms in total. The number of esters is 1. The molecule has 32 heavy (non-hydrogen) atoms. The number of methoxy groups -OCH3 is 1. The van der Waals surface area contributed by atoms with Crippen molar-refractivity contribution in [3.63, 3.8) is 0 Å². The van der Waals surface area contributed by atoms with Crippen LogP contribution in [0.15, 0.2) is 48.5 Å². The van der Waals surface area contributed by atoms with Crippen molar-refractivity contribution in [2.45, 2.75) is 44.7 Å². The molecule has 1 N–H and O–H groups in total. The predicted molar refractivity (Wildman–Crippen MR) is 126 cm³/mol. The van der Waals surface area contributed by atoms with Crippen LogP contribution in [-0.4, -0.2) is 41.6 Å². The first-order valence-corrected chi connectivity index (χ1v) is 11.6. The van der Waals surface area contributed by atoms with Crippen molar-refractivity contribution in [3.8, 4) is 0 Å². The van der Waals surface area contributed by atoms with E-state index in [9.17, 15) is 14.7 Å². The van der Waals surface area contributed by atoms with Gasteiger partial charge < -0.3 is 14.7 Å². The van der Waals surface area contributed by atoms with Crippen LogP contribution < -0.4 is 0 Å². The monoisotopic (exact) mass is 477 g/mol. The van der Waals surface area contributed by atoms with Gasteiger partial charge in [0.2, 0.25) is 5.91 Å². The summed E-state index contributed by atoms with van der Waals surface area (Å²) in [5.41, 5.74) is 1.90. The van der Waals surface area contributed by atoms with Crippen molar-refractivity contribution >= 4 is 35.1 Å². The zero-order chi connectivity index (χ0) is 23.4. The molecule has 0 saturated carbocycles. The number of benzene rings is 2. The van der Waals surface area contributed by atoms with E-state index in [1.807, 2.05) is 43.3 Å². The van der Waals surface area contributed by atoms with Crippen molar-refractivity contribution in [1.82, 2.24) is 4.90 Å². The Labute approximate surface area is 199 Å². The molecule has 1 aliphatic rings. The van der Waals surface area contributed by atoms with E-state index in [4.69, 9.17) is 27.9 Å². The van der Waals surface area contributed by atoms with Gasteiger partial charge in [0, 0.05) is 16.0 Å². The number of nitrogens with zero attached hydrogens (tertiary/aromatic N) is 1. The topological polar surface area (TPSA) is 66.8 Å². The maximum absolute atomic E-state index is 13.8. The largest absolute Gasteiger partial charge is 0.469 e. The van der Waals surface area contributed by atoms with E-state index in [1.54, 1.807) is 24.0 Å². The fourth-order valence-corrected chi connectivity index (χ4v) is 5.05. The van der Waals surface area contributed by atoms with Crippen LogP contribution in [-0.2, 0) is 14.3 Å². The molecular formula is C25H29Cl2NO4. The summed E-state index contributed by atoms with van der Waals surface area (Å²) in [5.74, 6) is -1.89. The van der Waals surface area contributed by atoms with Crippen LogP contribution in [0, 0.1) is 11.8 Å². The van der Waals surface area contributed by atoms with Gasteiger partial charge in [-0.15, -0.1) is 0 Å². The third kappa shape index (κ3) is 4.95. The minimum Gasteiger partial charge on any atom is -0.469 e. The minimum atomic E-state index is -0.612. The Morgan fingerprint density at radius 1 is 1.16 bits per heavy atom. The number of ether oxygens (including phenoxy) is 1. The number of hydrogen-bond donors (Lipinski definition) is 1. The number of rotatable bonds is 7. The lowest BCUT2D eigenvalue weighted by atomic mass is 9.71. The fourth-order valence-electron chi connectivity index (χ4n) is 4.72. The molecule has 0 spiro atoms. The maximum atomic E-state index is 13.8. The van der Waals surface area contributed by atoms with Crippen molar-refractivity contribution in [1.29, 1.82) is 0 Å². The summed E-state index contributed by atoms with van der Waals surface area (Å²) in [4.78, 5) is 27.9. The van der Waals surface area contributed by atoms with E-state index < -0.39 is 23.8 Å². The highest BCUT2D eigenvalue weighted by Gasteiger charge is 2.48. The second-order valence-electron chi connectivity index (χ2n) is 8.30. The summed E-state index contributed by atoms with van der Waals surface area (Å²) in [6, 6.07) is 14.3. The Hall–Kier alpha value is -2.08. The van der Waals surface area contributed by atoms with Crippen LogP contribution in [0.2, 0.25) is 10.0 Å². The van der Waals surface area contributed by atoms with Gasteiger partial charge in [0.1, 0.15) is 0 Å². The highest BCUT2D eigenvalue weighted by Crippen LogP contribution is 2.48. The molecule has 1 heterocycles. The molecule has 2 unspecified atom stereocenters. The van der Waals surface area contributed by atoms with Gasteiger partial charge in [0.05, 0.1) is 37.6 Å². The lowest BCUT2D eigenvalue weighted by Crippen LogP contribution is -2.54. The standard InChI is InChI=1S/C25H29Cl2NO4/c1-4-20(14-29)28-23(16-8-10-18(26)11-9-16)22(17-6-5-7-19(27)12-17)13-21(24(28)30)15(2)25(31)32-3/h5-12,15,20-23,29H,4,13-14H2,1-3H3/t15?,20-,21-,22?,23+/m0/s1. The van der Waals surface area contributed by atoms with Crippen LogP contribution in [0.5, 0.6) is 0 Å². The van der Waals surface area contributed by atoms with E-state index in [-0.39, 0.29) is 24.5 Å². The summed E-state index contributed by atoms with van der Waals surface area (Å²) in [5, 5.41) is 11.4. The average molecular weight is 478 g/mol. The first kappa shape index (κ1) is 24.6. The molecule has 2 aromatic carbocycles. The van der Waals surface area contributed by atoms with Gasteiger partial charge in [-0.3, -0.25) is 9.59 Å². The van der Waals surface area contributed by atoms with Crippen LogP contribution in [0.1, 0.15) is 49.8 Å². The van der Waals surface area contributed by atoms with Crippen LogP contribution in [0.4, 0.5) is 0 Å². The molecule has 2 aromatic rings. The zero-order valence-corrected chi connectivity index (χ0v) is 20.0. The van der Waals surface area contributed by atoms with E-state index in [0.717, 1.165) is 11.1 Å². The summed E-state index contributed by atoms with van der Waals surface area (Å²) in [7, 11) is 1.33. The van der Waals surface area contributed by atoms with Gasteiger partial charge in [-0.2, -0.15) is 0 Å². The maximum Gasteiger partial charge on any atom is 0.309 e. The third-order valence-electron chi connectivity index (χ3n) is 6.50. The second-order valence-corrected chi connectivity index (χ2v) is 9.17. The van der Waals surface area contributed by atoms with Gasteiger partial charge in [-0.1, -0.05) is 61.3 Å². The Balaban J connectivity index is 2.19. The Bertz CT molecular complexity index is 945. The van der Waals surface area contributed by atoms with E-state index in [0.29, 0.717) is 22.9 Å². The number of aliphatic hydroxyl groups is 1. The first-order valence-electron chi connectivity index (χ1n) is 10.8. The van der Waals surface area contributed by atoms with E-state index in [2.05, 4.69) is 0 Å². The second kappa shape index (κ2) is 10.7. The molecule has 3 rings (SSSR count). The smallest absolute Gasteiger partial charge is 0.309 e. The number of carbonyl (C=O) groups excluding carboxylic acids is 2. The van der Waals surface area contributed by atoms with Crippen molar-refractivity contribution in [3.05, 3.63) is 69.7 Å². The average Bonchev–Trinajstić information content (AvgIpc) is 2.80. The molecule has 0 bridgehead atoms. The molecule has 0 aromatic heterocycles. The number of halogens is 2. The minimum absolute atomic E-state index is 0.134. The van der Waals surface area contributed by atoms with Crippen molar-refractivity contribution < 1.29 is 19.4 Å². The van der Waals surface area contributed by atoms with Gasteiger partial charge in [-0.05, 0) is 48.2 Å². The van der Waals surface area contributed by atoms with Crippen molar-refractivity contribution in [2.24, 2.45) is 11.8 Å². The Morgan fingerprint density at radius 2 is 1.84 bits per heavy atom. The number of piperidine rings is 1. The molecule has 0 aliphatic carbocycles. The Kier molecular flexibility index (Phi) is 8.21. The third-order valence-corrected chi connectivity index (χ3v) is 6.99. The number of amides is 1. The van der Waals surface area contributed by atoms with Crippen LogP contribution in [0.3, 0.4) is 0 Å². The SMILES string of the molecule is CC[C@@H](CO)N1C(=O)[C@H](C(C)C(=O)OC)CC(c2cccc(Cl)c2)[C@H]1c1ccc(Cl)cc1. The lowest BCUT2D eigenvalue weighted by Gasteiger charge is -2.49. The molecule has 1 saturated heterocycles. The van der Waals surface area contributed by atoms with Gasteiger partial charge in [0.15, 0.2) is 0 Å². The zero-order valence-electron chi connectivity index (χ0n) is 18.5. The number of carbonyl (C=O) groups is 2. The molecule has 0 radical (unpaired) electrons. The number of hydrogen-bond acceptors (Lipinski definition) is 4. The molecular weight excluding hydrogens is 449 g/mol. The van der Waals surface area contributed by atoms with Gasteiger partial charge in [-0.25, -0.2) is 0 Å². The number of aliphatic hydroxyl groups excluding tert-OH is 1. The highest BCUT2D eigenvalue weighted by atomic mass is 35.5. The highest BCUT2D eigenvalue weighted by molar-refractivity contribution is 6.30. The van der Waals surface area contributed by atoms with Gasteiger partial charge >= 0.3 is 5.97 Å². The molecule has 7 heteroatoms. The molecule has 1 amide bonds. The number of likely N-dealkylation sites (tertiary alicyclic amines) is 1.